The van der Waals surface area contributed by atoms with Crippen LogP contribution < -0.4 is 10.6 Å². The molecule has 8 heteroatoms. The van der Waals surface area contributed by atoms with Crippen LogP contribution in [0.3, 0.4) is 0 Å². The van der Waals surface area contributed by atoms with Crippen LogP contribution in [0.5, 0.6) is 0 Å². The number of nitrogens with one attached hydrogen (secondary N) is 2. The van der Waals surface area contributed by atoms with Crippen LogP contribution in [-0.2, 0) is 37.4 Å². The lowest BCUT2D eigenvalue weighted by Crippen LogP contribution is -2.32. The minimum absolute atomic E-state index is 0.0243. The Morgan fingerprint density at radius 3 is 2.52 bits per heavy atom. The average molecular weight is 448 g/mol. The summed E-state index contributed by atoms with van der Waals surface area (Å²) in [5, 5.41) is 19.8. The van der Waals surface area contributed by atoms with Crippen LogP contribution in [0.2, 0.25) is 0 Å². The summed E-state index contributed by atoms with van der Waals surface area (Å²) in [6.45, 7) is 4.46. The highest BCUT2D eigenvalue weighted by Gasteiger charge is 2.28. The monoisotopic (exact) mass is 447 g/mol. The van der Waals surface area contributed by atoms with E-state index < -0.39 is 0 Å². The first-order chi connectivity index (χ1) is 16.0. The Kier molecular flexibility index (Phi) is 7.16. The molecule has 2 heterocycles. The maximum Gasteiger partial charge on any atom is 0.272 e. The molecular formula is C25H29N5O3. The van der Waals surface area contributed by atoms with Crippen molar-refractivity contribution in [3.05, 3.63) is 82.7 Å². The molecule has 1 aromatic heterocycles. The van der Waals surface area contributed by atoms with Gasteiger partial charge in [-0.2, -0.15) is 5.10 Å². The first-order valence-corrected chi connectivity index (χ1v) is 11.1. The van der Waals surface area contributed by atoms with Gasteiger partial charge in [-0.05, 0) is 23.3 Å². The fourth-order valence-electron chi connectivity index (χ4n) is 4.16. The summed E-state index contributed by atoms with van der Waals surface area (Å²) < 4.78 is 1.77. The van der Waals surface area contributed by atoms with E-state index in [0.717, 1.165) is 47.6 Å². The molecule has 3 N–H and O–H groups in total. The van der Waals surface area contributed by atoms with E-state index in [9.17, 15) is 14.7 Å². The molecule has 0 fully saturated rings. The maximum absolute atomic E-state index is 13.0. The van der Waals surface area contributed by atoms with Gasteiger partial charge in [-0.3, -0.25) is 19.2 Å². The van der Waals surface area contributed by atoms with Gasteiger partial charge in [0.25, 0.3) is 5.91 Å². The van der Waals surface area contributed by atoms with Crippen molar-refractivity contribution in [2.75, 3.05) is 18.5 Å². The summed E-state index contributed by atoms with van der Waals surface area (Å²) in [5.41, 5.74) is 5.31. The number of carbonyl (C=O) groups is 2. The zero-order valence-corrected chi connectivity index (χ0v) is 18.8. The van der Waals surface area contributed by atoms with Crippen molar-refractivity contribution >= 4 is 17.5 Å². The van der Waals surface area contributed by atoms with Crippen LogP contribution in [0.25, 0.3) is 0 Å². The lowest BCUT2D eigenvalue weighted by Gasteiger charge is -2.27. The zero-order chi connectivity index (χ0) is 23.2. The van der Waals surface area contributed by atoms with Crippen LogP contribution >= 0.6 is 0 Å². The van der Waals surface area contributed by atoms with Crippen molar-refractivity contribution in [1.82, 2.24) is 20.0 Å². The van der Waals surface area contributed by atoms with Gasteiger partial charge >= 0.3 is 0 Å². The SMILES string of the molecule is CC(=O)Nc1ccc(CN2CCc3c(c(C(=O)NCc4ccccc4)nn3CCO)C2)cc1. The van der Waals surface area contributed by atoms with Crippen LogP contribution in [0.4, 0.5) is 5.69 Å². The number of rotatable bonds is 8. The molecule has 33 heavy (non-hydrogen) atoms. The second-order valence-electron chi connectivity index (χ2n) is 8.23. The summed E-state index contributed by atoms with van der Waals surface area (Å²) in [6, 6.07) is 17.6. The lowest BCUT2D eigenvalue weighted by molar-refractivity contribution is -0.114. The topological polar surface area (TPSA) is 99.5 Å². The third kappa shape index (κ3) is 5.66. The highest BCUT2D eigenvalue weighted by Crippen LogP contribution is 2.24. The maximum atomic E-state index is 13.0. The number of hydrogen-bond acceptors (Lipinski definition) is 5. The molecule has 172 valence electrons. The Bertz CT molecular complexity index is 1110. The van der Waals surface area contributed by atoms with E-state index in [4.69, 9.17) is 0 Å². The second kappa shape index (κ2) is 10.4. The largest absolute Gasteiger partial charge is 0.394 e. The molecule has 1 aliphatic heterocycles. The summed E-state index contributed by atoms with van der Waals surface area (Å²) in [4.78, 5) is 26.5. The molecule has 0 radical (unpaired) electrons. The predicted molar refractivity (Wildman–Crippen MR) is 125 cm³/mol. The molecule has 3 aromatic rings. The van der Waals surface area contributed by atoms with E-state index in [1.165, 1.54) is 6.92 Å². The van der Waals surface area contributed by atoms with Crippen LogP contribution in [0.15, 0.2) is 54.6 Å². The number of aromatic nitrogens is 2. The van der Waals surface area contributed by atoms with E-state index in [0.29, 0.717) is 25.3 Å². The third-order valence-corrected chi connectivity index (χ3v) is 5.72. The molecular weight excluding hydrogens is 418 g/mol. The number of anilines is 1. The number of carbonyl (C=O) groups excluding carboxylic acids is 2. The Hall–Kier alpha value is -3.49. The molecule has 0 atom stereocenters. The molecule has 1 aliphatic rings. The second-order valence-corrected chi connectivity index (χ2v) is 8.23. The summed E-state index contributed by atoms with van der Waals surface area (Å²) >= 11 is 0. The van der Waals surface area contributed by atoms with E-state index in [2.05, 4.69) is 20.6 Å². The normalized spacial score (nSPS) is 13.4. The molecule has 0 bridgehead atoms. The Morgan fingerprint density at radius 2 is 1.82 bits per heavy atom. The first-order valence-electron chi connectivity index (χ1n) is 11.1. The number of aliphatic hydroxyl groups is 1. The van der Waals surface area contributed by atoms with Crippen LogP contribution in [-0.4, -0.2) is 44.8 Å². The zero-order valence-electron chi connectivity index (χ0n) is 18.8. The number of aliphatic hydroxyl groups excluding tert-OH is 1. The number of hydrogen-bond donors (Lipinski definition) is 3. The van der Waals surface area contributed by atoms with E-state index in [-0.39, 0.29) is 18.4 Å². The molecule has 2 amide bonds. The van der Waals surface area contributed by atoms with Gasteiger partial charge in [-0.25, -0.2) is 0 Å². The van der Waals surface area contributed by atoms with Crippen LogP contribution in [0, 0.1) is 0 Å². The molecule has 0 aliphatic carbocycles. The molecule has 8 nitrogen and oxygen atoms in total. The smallest absolute Gasteiger partial charge is 0.272 e. The molecule has 2 aromatic carbocycles. The van der Waals surface area contributed by atoms with Crippen molar-refractivity contribution in [3.8, 4) is 0 Å². The summed E-state index contributed by atoms with van der Waals surface area (Å²) in [7, 11) is 0. The molecule has 0 saturated carbocycles. The Labute approximate surface area is 193 Å². The van der Waals surface area contributed by atoms with Gasteiger partial charge in [-0.15, -0.1) is 0 Å². The van der Waals surface area contributed by atoms with E-state index >= 15 is 0 Å². The number of benzene rings is 2. The van der Waals surface area contributed by atoms with Gasteiger partial charge < -0.3 is 15.7 Å². The molecule has 0 spiro atoms. The number of fused-ring (bicyclic) bond motifs is 1. The molecule has 0 saturated heterocycles. The first kappa shape index (κ1) is 22.7. The summed E-state index contributed by atoms with van der Waals surface area (Å²) in [6.07, 6.45) is 0.762. The van der Waals surface area contributed by atoms with Crippen molar-refractivity contribution < 1.29 is 14.7 Å². The van der Waals surface area contributed by atoms with Gasteiger partial charge in [0.15, 0.2) is 5.69 Å². The average Bonchev–Trinajstić information content (AvgIpc) is 3.17. The fraction of sp³-hybridized carbons (Fsp3) is 0.320. The van der Waals surface area contributed by atoms with Crippen molar-refractivity contribution in [2.24, 2.45) is 0 Å². The standard InChI is InChI=1S/C25H29N5O3/c1-18(32)27-21-9-7-20(8-10-21)16-29-12-11-23-22(17-29)24(28-30(23)13-14-31)25(33)26-15-19-5-3-2-4-6-19/h2-10,31H,11-17H2,1H3,(H,26,33)(H,27,32). The fourth-order valence-corrected chi connectivity index (χ4v) is 4.16. The molecule has 0 unspecified atom stereocenters. The van der Waals surface area contributed by atoms with Gasteiger partial charge in [0.2, 0.25) is 5.91 Å². The van der Waals surface area contributed by atoms with E-state index in [1.807, 2.05) is 54.6 Å². The lowest BCUT2D eigenvalue weighted by atomic mass is 10.0. The van der Waals surface area contributed by atoms with Gasteiger partial charge in [0, 0.05) is 56.5 Å². The van der Waals surface area contributed by atoms with Gasteiger partial charge in [0.05, 0.1) is 13.2 Å². The predicted octanol–water partition coefficient (Wildman–Crippen LogP) is 2.32. The van der Waals surface area contributed by atoms with Crippen molar-refractivity contribution in [1.29, 1.82) is 0 Å². The van der Waals surface area contributed by atoms with Crippen LogP contribution in [0.1, 0.15) is 39.8 Å². The molecule has 4 rings (SSSR count). The Balaban J connectivity index is 1.47. The third-order valence-electron chi connectivity index (χ3n) is 5.72. The minimum atomic E-state index is -0.201. The number of nitrogens with zero attached hydrogens (tertiary/aromatic N) is 3. The summed E-state index contributed by atoms with van der Waals surface area (Å²) in [5.74, 6) is -0.294. The van der Waals surface area contributed by atoms with Gasteiger partial charge in [-0.1, -0.05) is 42.5 Å². The van der Waals surface area contributed by atoms with Crippen molar-refractivity contribution in [2.45, 2.75) is 39.5 Å². The number of amides is 2. The quantitative estimate of drug-likeness (QED) is 0.492. The minimum Gasteiger partial charge on any atom is -0.394 e. The van der Waals surface area contributed by atoms with E-state index in [1.54, 1.807) is 4.68 Å². The van der Waals surface area contributed by atoms with Gasteiger partial charge in [0.1, 0.15) is 0 Å². The Morgan fingerprint density at radius 1 is 1.06 bits per heavy atom. The highest BCUT2D eigenvalue weighted by atomic mass is 16.3. The van der Waals surface area contributed by atoms with Crippen molar-refractivity contribution in [3.63, 3.8) is 0 Å². The highest BCUT2D eigenvalue weighted by molar-refractivity contribution is 5.94.